The third-order valence-corrected chi connectivity index (χ3v) is 3.37. The number of hydrogen-bond donors (Lipinski definition) is 1. The first-order valence-electron chi connectivity index (χ1n) is 7.36. The number of para-hydroxylation sites is 1. The zero-order chi connectivity index (χ0) is 16.8. The van der Waals surface area contributed by atoms with Crippen LogP contribution in [0.5, 0.6) is 5.75 Å². The van der Waals surface area contributed by atoms with Gasteiger partial charge in [0, 0.05) is 17.0 Å². The summed E-state index contributed by atoms with van der Waals surface area (Å²) in [6.07, 6.45) is 1.54. The first-order chi connectivity index (χ1) is 11.1. The number of rotatable bonds is 5. The lowest BCUT2D eigenvalue weighted by atomic mass is 10.1. The summed E-state index contributed by atoms with van der Waals surface area (Å²) in [5, 5.41) is 9.32. The molecule has 1 amide bonds. The average molecular weight is 309 g/mol. The van der Waals surface area contributed by atoms with Crippen LogP contribution in [-0.4, -0.2) is 17.2 Å². The lowest BCUT2D eigenvalue weighted by molar-refractivity contribution is -0.113. The van der Waals surface area contributed by atoms with Crippen molar-refractivity contribution < 1.29 is 9.53 Å². The van der Waals surface area contributed by atoms with E-state index in [0.717, 1.165) is 11.4 Å². The Morgan fingerprint density at radius 2 is 1.91 bits per heavy atom. The first kappa shape index (κ1) is 16.4. The average Bonchev–Trinajstić information content (AvgIpc) is 2.86. The molecule has 1 heterocycles. The van der Waals surface area contributed by atoms with E-state index in [9.17, 15) is 10.1 Å². The molecule has 23 heavy (non-hydrogen) atoms. The summed E-state index contributed by atoms with van der Waals surface area (Å²) in [5.74, 6) is 0.185. The van der Waals surface area contributed by atoms with Gasteiger partial charge in [0.2, 0.25) is 0 Å². The van der Waals surface area contributed by atoms with Crippen molar-refractivity contribution in [3.05, 3.63) is 58.9 Å². The van der Waals surface area contributed by atoms with E-state index in [-0.39, 0.29) is 5.57 Å². The quantitative estimate of drug-likeness (QED) is 0.681. The van der Waals surface area contributed by atoms with E-state index in [1.165, 1.54) is 6.08 Å². The molecule has 1 aromatic carbocycles. The molecule has 0 spiro atoms. The predicted octanol–water partition coefficient (Wildman–Crippen LogP) is 3.18. The summed E-state index contributed by atoms with van der Waals surface area (Å²) in [7, 11) is 0. The van der Waals surface area contributed by atoms with Gasteiger partial charge in [-0.1, -0.05) is 18.2 Å². The van der Waals surface area contributed by atoms with Crippen molar-refractivity contribution in [1.82, 2.24) is 4.68 Å². The van der Waals surface area contributed by atoms with Gasteiger partial charge in [-0.2, -0.15) is 5.26 Å². The second-order valence-corrected chi connectivity index (χ2v) is 5.03. The van der Waals surface area contributed by atoms with Crippen LogP contribution in [0.3, 0.4) is 0 Å². The largest absolute Gasteiger partial charge is 0.493 e. The molecule has 0 saturated heterocycles. The minimum absolute atomic E-state index is 0.0182. The van der Waals surface area contributed by atoms with Gasteiger partial charge < -0.3 is 4.74 Å². The van der Waals surface area contributed by atoms with Gasteiger partial charge in [-0.25, -0.2) is 0 Å². The molecule has 0 atom stereocenters. The van der Waals surface area contributed by atoms with Crippen molar-refractivity contribution in [3.8, 4) is 11.8 Å². The van der Waals surface area contributed by atoms with Crippen molar-refractivity contribution in [2.24, 2.45) is 0 Å². The van der Waals surface area contributed by atoms with Crippen molar-refractivity contribution in [1.29, 1.82) is 5.26 Å². The van der Waals surface area contributed by atoms with Crippen LogP contribution < -0.4 is 10.2 Å². The summed E-state index contributed by atoms with van der Waals surface area (Å²) in [6, 6.07) is 13.0. The Balaban J connectivity index is 2.29. The topological polar surface area (TPSA) is 67.0 Å². The van der Waals surface area contributed by atoms with Gasteiger partial charge in [0.15, 0.2) is 0 Å². The van der Waals surface area contributed by atoms with Crippen LogP contribution in [0.1, 0.15) is 23.9 Å². The molecule has 0 radical (unpaired) electrons. The van der Waals surface area contributed by atoms with E-state index < -0.39 is 5.91 Å². The molecule has 2 rings (SSSR count). The first-order valence-corrected chi connectivity index (χ1v) is 7.36. The number of amides is 1. The third kappa shape index (κ3) is 3.80. The maximum absolute atomic E-state index is 12.4. The van der Waals surface area contributed by atoms with Crippen molar-refractivity contribution >= 4 is 12.0 Å². The molecule has 1 aromatic heterocycles. The number of aryl methyl sites for hydroxylation is 2. The molecule has 0 aliphatic heterocycles. The van der Waals surface area contributed by atoms with Gasteiger partial charge in [0.1, 0.15) is 17.4 Å². The van der Waals surface area contributed by atoms with Crippen LogP contribution in [0.4, 0.5) is 0 Å². The van der Waals surface area contributed by atoms with Crippen LogP contribution in [-0.2, 0) is 4.79 Å². The second-order valence-electron chi connectivity index (χ2n) is 5.03. The van der Waals surface area contributed by atoms with Gasteiger partial charge >= 0.3 is 0 Å². The summed E-state index contributed by atoms with van der Waals surface area (Å²) >= 11 is 0. The van der Waals surface area contributed by atoms with Gasteiger partial charge in [0.25, 0.3) is 5.91 Å². The molecule has 0 bridgehead atoms. The van der Waals surface area contributed by atoms with Crippen LogP contribution in [0.25, 0.3) is 6.08 Å². The number of nitriles is 1. The second kappa shape index (κ2) is 7.32. The highest BCUT2D eigenvalue weighted by Gasteiger charge is 2.12. The minimum Gasteiger partial charge on any atom is -0.493 e. The molecule has 5 nitrogen and oxygen atoms in total. The molecule has 118 valence electrons. The van der Waals surface area contributed by atoms with Crippen molar-refractivity contribution in [2.75, 3.05) is 12.0 Å². The predicted molar refractivity (Wildman–Crippen MR) is 89.5 cm³/mol. The molecule has 0 fully saturated rings. The number of carbonyl (C=O) groups excluding carboxylic acids is 1. The van der Waals surface area contributed by atoms with Gasteiger partial charge in [-0.05, 0) is 45.0 Å². The number of hydrogen-bond acceptors (Lipinski definition) is 3. The molecular weight excluding hydrogens is 290 g/mol. The molecule has 0 unspecified atom stereocenters. The summed E-state index contributed by atoms with van der Waals surface area (Å²) in [6.45, 7) is 6.16. The van der Waals surface area contributed by atoms with E-state index in [2.05, 4.69) is 5.43 Å². The van der Waals surface area contributed by atoms with E-state index >= 15 is 0 Å². The van der Waals surface area contributed by atoms with E-state index in [0.29, 0.717) is 17.9 Å². The fourth-order valence-electron chi connectivity index (χ4n) is 2.20. The van der Waals surface area contributed by atoms with Gasteiger partial charge in [0.05, 0.1) is 6.61 Å². The lowest BCUT2D eigenvalue weighted by Gasteiger charge is -2.11. The zero-order valence-electron chi connectivity index (χ0n) is 13.5. The molecule has 1 N–H and O–H groups in total. The van der Waals surface area contributed by atoms with Crippen molar-refractivity contribution in [2.45, 2.75) is 20.8 Å². The van der Waals surface area contributed by atoms with Crippen LogP contribution in [0.15, 0.2) is 42.0 Å². The Kier molecular flexibility index (Phi) is 5.21. The Hall–Kier alpha value is -3.00. The third-order valence-electron chi connectivity index (χ3n) is 3.37. The summed E-state index contributed by atoms with van der Waals surface area (Å²) < 4.78 is 7.17. The number of aromatic nitrogens is 1. The van der Waals surface area contributed by atoms with Crippen LogP contribution in [0.2, 0.25) is 0 Å². The lowest BCUT2D eigenvalue weighted by Crippen LogP contribution is -2.25. The van der Waals surface area contributed by atoms with Crippen molar-refractivity contribution in [3.63, 3.8) is 0 Å². The normalized spacial score (nSPS) is 11.0. The summed E-state index contributed by atoms with van der Waals surface area (Å²) in [4.78, 5) is 12.4. The van der Waals surface area contributed by atoms with Gasteiger partial charge in [-0.15, -0.1) is 0 Å². The zero-order valence-corrected chi connectivity index (χ0v) is 13.5. The number of carbonyl (C=O) groups is 1. The standard InChI is InChI=1S/C18H19N3O2/c1-4-23-17-8-6-5-7-15(17)11-16(12-19)18(22)20-21-13(2)9-10-14(21)3/h5-11H,4H2,1-3H3,(H,20,22)/b16-11-. The number of ether oxygens (including phenoxy) is 1. The van der Waals surface area contributed by atoms with E-state index in [4.69, 9.17) is 4.74 Å². The highest BCUT2D eigenvalue weighted by atomic mass is 16.5. The van der Waals surface area contributed by atoms with Crippen LogP contribution in [0, 0.1) is 25.2 Å². The number of nitrogens with one attached hydrogen (secondary N) is 1. The highest BCUT2D eigenvalue weighted by molar-refractivity contribution is 6.06. The fourth-order valence-corrected chi connectivity index (χ4v) is 2.20. The SMILES string of the molecule is CCOc1ccccc1/C=C(/C#N)C(=O)Nn1c(C)ccc1C. The number of benzene rings is 1. The molecule has 0 saturated carbocycles. The van der Waals surface area contributed by atoms with Crippen LogP contribution >= 0.6 is 0 Å². The van der Waals surface area contributed by atoms with Gasteiger partial charge in [-0.3, -0.25) is 14.9 Å². The maximum Gasteiger partial charge on any atom is 0.280 e. The Labute approximate surface area is 135 Å². The molecular formula is C18H19N3O2. The molecule has 5 heteroatoms. The Morgan fingerprint density at radius 1 is 1.26 bits per heavy atom. The van der Waals surface area contributed by atoms with E-state index in [1.807, 2.05) is 63.2 Å². The summed E-state index contributed by atoms with van der Waals surface area (Å²) in [5.41, 5.74) is 5.22. The molecule has 0 aliphatic carbocycles. The van der Waals surface area contributed by atoms with E-state index in [1.54, 1.807) is 4.68 Å². The Morgan fingerprint density at radius 3 is 2.52 bits per heavy atom. The monoisotopic (exact) mass is 309 g/mol. The Bertz CT molecular complexity index is 762. The molecule has 2 aromatic rings. The highest BCUT2D eigenvalue weighted by Crippen LogP contribution is 2.21. The fraction of sp³-hybridized carbons (Fsp3) is 0.222. The maximum atomic E-state index is 12.4. The minimum atomic E-state index is -0.457. The smallest absolute Gasteiger partial charge is 0.280 e. The number of nitrogens with zero attached hydrogens (tertiary/aromatic N) is 2. The molecule has 0 aliphatic rings.